The second-order valence-electron chi connectivity index (χ2n) is 7.48. The van der Waals surface area contributed by atoms with Crippen LogP contribution in [0.4, 0.5) is 5.69 Å². The number of amides is 1. The summed E-state index contributed by atoms with van der Waals surface area (Å²) in [4.78, 5) is 28.5. The monoisotopic (exact) mass is 429 g/mol. The maximum absolute atomic E-state index is 12.6. The van der Waals surface area contributed by atoms with E-state index in [4.69, 9.17) is 16.3 Å². The number of benzene rings is 2. The average Bonchev–Trinajstić information content (AvgIpc) is 2.75. The number of piperazine rings is 1. The van der Waals surface area contributed by atoms with Gasteiger partial charge in [0.15, 0.2) is 5.78 Å². The van der Waals surface area contributed by atoms with Gasteiger partial charge in [0.05, 0.1) is 6.04 Å². The van der Waals surface area contributed by atoms with Gasteiger partial charge in [0.25, 0.3) is 0 Å². The van der Waals surface area contributed by atoms with Crippen molar-refractivity contribution in [2.45, 2.75) is 19.9 Å². The largest absolute Gasteiger partial charge is 0.492 e. The molecule has 1 atom stereocenters. The van der Waals surface area contributed by atoms with Crippen molar-refractivity contribution in [1.82, 2.24) is 9.80 Å². The van der Waals surface area contributed by atoms with E-state index in [-0.39, 0.29) is 17.7 Å². The van der Waals surface area contributed by atoms with Gasteiger partial charge in [-0.3, -0.25) is 19.4 Å². The lowest BCUT2D eigenvalue weighted by Gasteiger charge is -2.37. The van der Waals surface area contributed by atoms with Crippen LogP contribution in [0, 0.1) is 0 Å². The Morgan fingerprint density at radius 1 is 1.03 bits per heavy atom. The van der Waals surface area contributed by atoms with Crippen LogP contribution < -0.4 is 10.1 Å². The highest BCUT2D eigenvalue weighted by Gasteiger charge is 2.25. The molecule has 1 unspecified atom stereocenters. The first-order valence-electron chi connectivity index (χ1n) is 10.2. The molecule has 2 aromatic carbocycles. The molecule has 30 heavy (non-hydrogen) atoms. The number of rotatable bonds is 8. The lowest BCUT2D eigenvalue weighted by Crippen LogP contribution is -2.53. The van der Waals surface area contributed by atoms with Crippen molar-refractivity contribution >= 4 is 29.0 Å². The molecule has 6 nitrogen and oxygen atoms in total. The van der Waals surface area contributed by atoms with Gasteiger partial charge < -0.3 is 10.1 Å². The summed E-state index contributed by atoms with van der Waals surface area (Å²) in [6.07, 6.45) is 0. The van der Waals surface area contributed by atoms with Gasteiger partial charge in [-0.2, -0.15) is 0 Å². The lowest BCUT2D eigenvalue weighted by molar-refractivity contribution is -0.121. The molecule has 160 valence electrons. The molecule has 7 heteroatoms. The predicted octanol–water partition coefficient (Wildman–Crippen LogP) is 3.57. The third-order valence-corrected chi connectivity index (χ3v) is 5.63. The van der Waals surface area contributed by atoms with Crippen molar-refractivity contribution in [3.05, 3.63) is 59.1 Å². The Kier molecular flexibility index (Phi) is 7.85. The Morgan fingerprint density at radius 2 is 1.67 bits per heavy atom. The minimum atomic E-state index is -0.218. The van der Waals surface area contributed by atoms with E-state index in [0.29, 0.717) is 22.9 Å². The average molecular weight is 430 g/mol. The zero-order valence-corrected chi connectivity index (χ0v) is 18.2. The minimum absolute atomic E-state index is 0.0117. The van der Waals surface area contributed by atoms with Crippen LogP contribution in [-0.4, -0.2) is 66.9 Å². The van der Waals surface area contributed by atoms with Crippen molar-refractivity contribution in [1.29, 1.82) is 0 Å². The van der Waals surface area contributed by atoms with Gasteiger partial charge in [-0.15, -0.1) is 0 Å². The number of Topliss-reactive ketones (excluding diaryl/α,β-unsaturated/α-hetero) is 1. The normalized spacial score (nSPS) is 16.1. The summed E-state index contributed by atoms with van der Waals surface area (Å²) in [7, 11) is 0. The van der Waals surface area contributed by atoms with Crippen LogP contribution >= 0.6 is 11.6 Å². The van der Waals surface area contributed by atoms with Crippen molar-refractivity contribution in [2.75, 3.05) is 44.6 Å². The Morgan fingerprint density at radius 3 is 2.27 bits per heavy atom. The predicted molar refractivity (Wildman–Crippen MR) is 119 cm³/mol. The highest BCUT2D eigenvalue weighted by molar-refractivity contribution is 6.30. The first-order valence-corrected chi connectivity index (χ1v) is 10.6. The number of ketones is 1. The van der Waals surface area contributed by atoms with Gasteiger partial charge >= 0.3 is 0 Å². The molecule has 0 bridgehead atoms. The number of ether oxygens (including phenoxy) is 1. The number of hydrogen-bond acceptors (Lipinski definition) is 5. The summed E-state index contributed by atoms with van der Waals surface area (Å²) in [6, 6.07) is 14.1. The molecule has 0 spiro atoms. The van der Waals surface area contributed by atoms with Crippen LogP contribution in [0.1, 0.15) is 24.2 Å². The maximum Gasteiger partial charge on any atom is 0.241 e. The van der Waals surface area contributed by atoms with Gasteiger partial charge in [0, 0.05) is 49.0 Å². The second-order valence-corrected chi connectivity index (χ2v) is 7.92. The number of halogens is 1. The zero-order valence-electron chi connectivity index (χ0n) is 17.4. The van der Waals surface area contributed by atoms with Crippen LogP contribution in [0.3, 0.4) is 0 Å². The first-order chi connectivity index (χ1) is 14.4. The van der Waals surface area contributed by atoms with Crippen LogP contribution in [0.2, 0.25) is 5.02 Å². The molecule has 1 heterocycles. The molecule has 1 amide bonds. The lowest BCUT2D eigenvalue weighted by atomic mass is 10.1. The Hall–Kier alpha value is -2.41. The summed E-state index contributed by atoms with van der Waals surface area (Å²) in [5.41, 5.74) is 1.34. The van der Waals surface area contributed by atoms with Gasteiger partial charge in [0.2, 0.25) is 5.91 Å². The summed E-state index contributed by atoms with van der Waals surface area (Å²) in [5.74, 6) is 0.794. The molecule has 3 rings (SSSR count). The maximum atomic E-state index is 12.6. The second kappa shape index (κ2) is 10.6. The SMILES string of the molecule is CC(=O)c1ccc(NC(=O)C(C)N2CCN(CCOc3ccc(Cl)cc3)CC2)cc1. The van der Waals surface area contributed by atoms with Crippen molar-refractivity contribution < 1.29 is 14.3 Å². The Labute approximate surface area is 182 Å². The molecule has 0 aliphatic carbocycles. The zero-order chi connectivity index (χ0) is 21.5. The van der Waals surface area contributed by atoms with E-state index in [1.807, 2.05) is 31.2 Å². The fourth-order valence-corrected chi connectivity index (χ4v) is 3.52. The molecule has 0 saturated carbocycles. The van der Waals surface area contributed by atoms with E-state index in [1.165, 1.54) is 6.92 Å². The van der Waals surface area contributed by atoms with Gasteiger partial charge in [-0.25, -0.2) is 0 Å². The van der Waals surface area contributed by atoms with Crippen LogP contribution in [-0.2, 0) is 4.79 Å². The molecule has 1 aliphatic heterocycles. The van der Waals surface area contributed by atoms with Crippen LogP contribution in [0.15, 0.2) is 48.5 Å². The van der Waals surface area contributed by atoms with Crippen molar-refractivity contribution in [3.8, 4) is 5.75 Å². The number of anilines is 1. The standard InChI is InChI=1S/C23H28ClN3O3/c1-17(23(29)25-21-7-3-19(4-8-21)18(2)28)27-13-11-26(12-14-27)15-16-30-22-9-5-20(24)6-10-22/h3-10,17H,11-16H2,1-2H3,(H,25,29). The fourth-order valence-electron chi connectivity index (χ4n) is 3.40. The fraction of sp³-hybridized carbons (Fsp3) is 0.391. The number of hydrogen-bond donors (Lipinski definition) is 1. The highest BCUT2D eigenvalue weighted by Crippen LogP contribution is 2.16. The first kappa shape index (κ1) is 22.3. The minimum Gasteiger partial charge on any atom is -0.492 e. The quantitative estimate of drug-likeness (QED) is 0.650. The molecule has 1 N–H and O–H groups in total. The summed E-state index contributed by atoms with van der Waals surface area (Å²) in [5, 5.41) is 3.64. The summed E-state index contributed by atoms with van der Waals surface area (Å²) < 4.78 is 5.77. The molecular weight excluding hydrogens is 402 g/mol. The van der Waals surface area contributed by atoms with E-state index in [1.54, 1.807) is 24.3 Å². The highest BCUT2D eigenvalue weighted by atomic mass is 35.5. The molecule has 1 aliphatic rings. The van der Waals surface area contributed by atoms with Gasteiger partial charge in [0.1, 0.15) is 12.4 Å². The Bertz CT molecular complexity index is 847. The van der Waals surface area contributed by atoms with E-state index in [0.717, 1.165) is 38.5 Å². The van der Waals surface area contributed by atoms with E-state index in [9.17, 15) is 9.59 Å². The van der Waals surface area contributed by atoms with Crippen LogP contribution in [0.25, 0.3) is 0 Å². The van der Waals surface area contributed by atoms with Gasteiger partial charge in [-0.05, 0) is 62.4 Å². The molecule has 0 radical (unpaired) electrons. The van der Waals surface area contributed by atoms with Crippen molar-refractivity contribution in [2.24, 2.45) is 0 Å². The molecular formula is C23H28ClN3O3. The number of nitrogens with zero attached hydrogens (tertiary/aromatic N) is 2. The van der Waals surface area contributed by atoms with Gasteiger partial charge in [-0.1, -0.05) is 11.6 Å². The summed E-state index contributed by atoms with van der Waals surface area (Å²) >= 11 is 5.88. The Balaban J connectivity index is 1.39. The van der Waals surface area contributed by atoms with Crippen LogP contribution in [0.5, 0.6) is 5.75 Å². The van der Waals surface area contributed by atoms with Crippen molar-refractivity contribution in [3.63, 3.8) is 0 Å². The number of carbonyl (C=O) groups is 2. The third-order valence-electron chi connectivity index (χ3n) is 5.38. The smallest absolute Gasteiger partial charge is 0.241 e. The third kappa shape index (κ3) is 6.29. The molecule has 2 aromatic rings. The van der Waals surface area contributed by atoms with E-state index >= 15 is 0 Å². The topological polar surface area (TPSA) is 61.9 Å². The molecule has 0 aromatic heterocycles. The molecule has 1 fully saturated rings. The number of nitrogens with one attached hydrogen (secondary N) is 1. The summed E-state index contributed by atoms with van der Waals surface area (Å²) in [6.45, 7) is 8.38. The van der Waals surface area contributed by atoms with E-state index < -0.39 is 0 Å². The molecule has 1 saturated heterocycles. The van der Waals surface area contributed by atoms with E-state index in [2.05, 4.69) is 15.1 Å². The number of carbonyl (C=O) groups excluding carboxylic acids is 2.